The van der Waals surface area contributed by atoms with Crippen molar-refractivity contribution in [2.45, 2.75) is 42.0 Å². The van der Waals surface area contributed by atoms with Gasteiger partial charge in [-0.25, -0.2) is 0 Å². The molecule has 2 aromatic rings. The first-order valence-electron chi connectivity index (χ1n) is 8.70. The molecule has 5 rings (SSSR count). The van der Waals surface area contributed by atoms with E-state index < -0.39 is 0 Å². The van der Waals surface area contributed by atoms with Gasteiger partial charge >= 0.3 is 5.89 Å². The van der Waals surface area contributed by atoms with Crippen LogP contribution in [0.25, 0.3) is 0 Å². The molecule has 1 amide bonds. The molecule has 0 unspecified atom stereocenters. The summed E-state index contributed by atoms with van der Waals surface area (Å²) in [6, 6.07) is 9.70. The van der Waals surface area contributed by atoms with E-state index in [1.807, 2.05) is 12.1 Å². The number of benzene rings is 1. The Labute approximate surface area is 155 Å². The second-order valence-electron chi connectivity index (χ2n) is 6.72. The first kappa shape index (κ1) is 17.1. The summed E-state index contributed by atoms with van der Waals surface area (Å²) in [5.41, 5.74) is 0.640. The van der Waals surface area contributed by atoms with Gasteiger partial charge in [-0.1, -0.05) is 10.2 Å². The van der Waals surface area contributed by atoms with Gasteiger partial charge < -0.3 is 9.73 Å². The molecule has 3 aliphatic heterocycles. The average molecular weight is 369 g/mol. The van der Waals surface area contributed by atoms with Crippen LogP contribution in [-0.2, 0) is 0 Å². The highest BCUT2D eigenvalue weighted by Crippen LogP contribution is 2.32. The molecule has 1 N–H and O–H groups in total. The lowest BCUT2D eigenvalue weighted by Crippen LogP contribution is -2.62. The number of nitrogens with zero attached hydrogens (tertiary/aromatic N) is 4. The van der Waals surface area contributed by atoms with E-state index in [9.17, 15) is 4.79 Å². The third-order valence-electron chi connectivity index (χ3n) is 5.30. The summed E-state index contributed by atoms with van der Waals surface area (Å²) in [7, 11) is 0. The Morgan fingerprint density at radius 2 is 2.04 bits per heavy atom. The van der Waals surface area contributed by atoms with Gasteiger partial charge in [-0.2, -0.15) is 5.26 Å². The van der Waals surface area contributed by atoms with Crippen LogP contribution in [-0.4, -0.2) is 46.2 Å². The van der Waals surface area contributed by atoms with E-state index in [2.05, 4.69) is 27.3 Å². The summed E-state index contributed by atoms with van der Waals surface area (Å²) in [6.45, 7) is 4.50. The minimum absolute atomic E-state index is 0.0308. The van der Waals surface area contributed by atoms with E-state index in [-0.39, 0.29) is 17.8 Å². The topological polar surface area (TPSA) is 95.0 Å². The van der Waals surface area contributed by atoms with Gasteiger partial charge in [0.2, 0.25) is 0 Å². The molecule has 0 aliphatic carbocycles. The van der Waals surface area contributed by atoms with Crippen molar-refractivity contribution in [2.75, 3.05) is 13.1 Å². The standard InChI is InChI=1S/C18H19N5O2S/c1-11-16(12-6-8-23(11)9-7-12)20-17(24)13-2-4-14(5-3-13)26-18-22-21-15(10-19)25-18/h2-5,11-12,16H,6-9H2,1H3,(H,20,24)/t11-,16-/m0/s1. The Balaban J connectivity index is 1.40. The highest BCUT2D eigenvalue weighted by atomic mass is 32.2. The van der Waals surface area contributed by atoms with E-state index >= 15 is 0 Å². The monoisotopic (exact) mass is 369 g/mol. The van der Waals surface area contributed by atoms with Crippen molar-refractivity contribution in [3.05, 3.63) is 35.7 Å². The molecule has 0 radical (unpaired) electrons. The SMILES string of the molecule is C[C@H]1[C@H](NC(=O)c2ccc(Sc3nnc(C#N)o3)cc2)C2CCN1CC2. The molecular weight excluding hydrogens is 350 g/mol. The molecule has 2 atom stereocenters. The Bertz CT molecular complexity index is 834. The first-order chi connectivity index (χ1) is 12.6. The highest BCUT2D eigenvalue weighted by molar-refractivity contribution is 7.99. The number of carbonyl (C=O) groups is 1. The van der Waals surface area contributed by atoms with Crippen LogP contribution in [0.3, 0.4) is 0 Å². The van der Waals surface area contributed by atoms with Crippen molar-refractivity contribution in [3.8, 4) is 6.07 Å². The molecule has 1 aromatic carbocycles. The summed E-state index contributed by atoms with van der Waals surface area (Å²) >= 11 is 1.26. The second kappa shape index (κ2) is 7.09. The van der Waals surface area contributed by atoms with E-state index in [0.29, 0.717) is 22.7 Å². The number of hydrogen-bond donors (Lipinski definition) is 1. The lowest BCUT2D eigenvalue weighted by atomic mass is 9.79. The number of carbonyl (C=O) groups excluding carboxylic acids is 1. The van der Waals surface area contributed by atoms with E-state index in [1.54, 1.807) is 18.2 Å². The zero-order chi connectivity index (χ0) is 18.1. The van der Waals surface area contributed by atoms with Crippen LogP contribution < -0.4 is 5.32 Å². The first-order valence-corrected chi connectivity index (χ1v) is 9.52. The van der Waals surface area contributed by atoms with E-state index in [1.165, 1.54) is 24.6 Å². The lowest BCUT2D eigenvalue weighted by Gasteiger charge is -2.49. The number of nitriles is 1. The van der Waals surface area contributed by atoms with Crippen LogP contribution >= 0.6 is 11.8 Å². The molecule has 7 nitrogen and oxygen atoms in total. The number of piperidine rings is 3. The van der Waals surface area contributed by atoms with E-state index in [4.69, 9.17) is 9.68 Å². The fraction of sp³-hybridized carbons (Fsp3) is 0.444. The van der Waals surface area contributed by atoms with Gasteiger partial charge in [-0.3, -0.25) is 9.69 Å². The minimum atomic E-state index is -0.0601. The van der Waals surface area contributed by atoms with Gasteiger partial charge in [0.1, 0.15) is 0 Å². The molecule has 3 fully saturated rings. The molecule has 1 aromatic heterocycles. The molecule has 2 bridgehead atoms. The number of rotatable bonds is 4. The number of aromatic nitrogens is 2. The molecule has 26 heavy (non-hydrogen) atoms. The minimum Gasteiger partial charge on any atom is -0.403 e. The zero-order valence-corrected chi connectivity index (χ0v) is 15.2. The van der Waals surface area contributed by atoms with Crippen LogP contribution in [0.5, 0.6) is 0 Å². The van der Waals surface area contributed by atoms with Gasteiger partial charge in [0.05, 0.1) is 0 Å². The molecule has 8 heteroatoms. The van der Waals surface area contributed by atoms with Gasteiger partial charge in [0, 0.05) is 22.5 Å². The van der Waals surface area contributed by atoms with Gasteiger partial charge in [0.15, 0.2) is 6.07 Å². The second-order valence-corrected chi connectivity index (χ2v) is 7.75. The third-order valence-corrected chi connectivity index (χ3v) is 6.15. The lowest BCUT2D eigenvalue weighted by molar-refractivity contribution is 0.0217. The Morgan fingerprint density at radius 1 is 1.31 bits per heavy atom. The van der Waals surface area contributed by atoms with Crippen LogP contribution in [0.1, 0.15) is 36.0 Å². The summed E-state index contributed by atoms with van der Waals surface area (Å²) in [4.78, 5) is 16.0. The van der Waals surface area contributed by atoms with Crippen molar-refractivity contribution < 1.29 is 9.21 Å². The predicted octanol–water partition coefficient (Wildman–Crippen LogP) is 2.30. The smallest absolute Gasteiger partial charge is 0.321 e. The molecule has 0 spiro atoms. The maximum absolute atomic E-state index is 12.6. The summed E-state index contributed by atoms with van der Waals surface area (Å²) in [5.74, 6) is 0.493. The number of fused-ring (bicyclic) bond motifs is 3. The Hall–Kier alpha value is -2.37. The molecule has 3 saturated heterocycles. The molecular formula is C18H19N5O2S. The number of amides is 1. The van der Waals surface area contributed by atoms with Crippen molar-refractivity contribution in [2.24, 2.45) is 5.92 Å². The third kappa shape index (κ3) is 3.32. The zero-order valence-electron chi connectivity index (χ0n) is 14.4. The van der Waals surface area contributed by atoms with Gasteiger partial charge in [0.25, 0.3) is 11.1 Å². The molecule has 0 saturated carbocycles. The quantitative estimate of drug-likeness (QED) is 0.883. The highest BCUT2D eigenvalue weighted by Gasteiger charge is 2.40. The fourth-order valence-electron chi connectivity index (χ4n) is 3.85. The Morgan fingerprint density at radius 3 is 2.65 bits per heavy atom. The molecule has 4 heterocycles. The van der Waals surface area contributed by atoms with Gasteiger partial charge in [-0.05, 0) is 74.8 Å². The average Bonchev–Trinajstić information content (AvgIpc) is 3.13. The summed E-state index contributed by atoms with van der Waals surface area (Å²) in [6.07, 6.45) is 2.33. The van der Waals surface area contributed by atoms with Crippen molar-refractivity contribution in [3.63, 3.8) is 0 Å². The van der Waals surface area contributed by atoms with Gasteiger partial charge in [-0.15, -0.1) is 0 Å². The molecule has 134 valence electrons. The number of hydrogen-bond acceptors (Lipinski definition) is 7. The maximum Gasteiger partial charge on any atom is 0.321 e. The van der Waals surface area contributed by atoms with Crippen molar-refractivity contribution >= 4 is 17.7 Å². The van der Waals surface area contributed by atoms with Crippen LogP contribution in [0.15, 0.2) is 38.8 Å². The fourth-order valence-corrected chi connectivity index (χ4v) is 4.53. The van der Waals surface area contributed by atoms with Crippen molar-refractivity contribution in [1.82, 2.24) is 20.4 Å². The predicted molar refractivity (Wildman–Crippen MR) is 94.6 cm³/mol. The van der Waals surface area contributed by atoms with Crippen LogP contribution in [0.2, 0.25) is 0 Å². The Kier molecular flexibility index (Phi) is 4.66. The normalized spacial score (nSPS) is 27.1. The summed E-state index contributed by atoms with van der Waals surface area (Å²) in [5, 5.41) is 19.6. The summed E-state index contributed by atoms with van der Waals surface area (Å²) < 4.78 is 5.15. The number of nitrogens with one attached hydrogen (secondary N) is 1. The van der Waals surface area contributed by atoms with Crippen LogP contribution in [0, 0.1) is 17.2 Å². The van der Waals surface area contributed by atoms with Crippen molar-refractivity contribution in [1.29, 1.82) is 5.26 Å². The van der Waals surface area contributed by atoms with Crippen LogP contribution in [0.4, 0.5) is 0 Å². The largest absolute Gasteiger partial charge is 0.403 e. The van der Waals surface area contributed by atoms with E-state index in [0.717, 1.165) is 18.0 Å². The maximum atomic E-state index is 12.6. The molecule has 3 aliphatic rings.